The smallest absolute Gasteiger partial charge is 0.227 e. The first kappa shape index (κ1) is 11.7. The summed E-state index contributed by atoms with van der Waals surface area (Å²) in [4.78, 5) is 12.2. The number of benzene rings is 1. The van der Waals surface area contributed by atoms with Crippen LogP contribution in [-0.4, -0.2) is 5.91 Å². The summed E-state index contributed by atoms with van der Waals surface area (Å²) in [6, 6.07) is 4.92. The highest BCUT2D eigenvalue weighted by Gasteiger charge is 2.43. The van der Waals surface area contributed by atoms with Gasteiger partial charge < -0.3 is 5.32 Å². The molecule has 18 heavy (non-hydrogen) atoms. The van der Waals surface area contributed by atoms with Gasteiger partial charge in [-0.15, -0.1) is 0 Å². The molecule has 2 aliphatic rings. The quantitative estimate of drug-likeness (QED) is 0.851. The number of halogens is 1. The molecule has 1 aromatic carbocycles. The minimum absolute atomic E-state index is 0.00459. The Bertz CT molecular complexity index is 485. The molecule has 1 amide bonds. The molecule has 3 heteroatoms. The van der Waals surface area contributed by atoms with E-state index < -0.39 is 0 Å². The number of amides is 1. The van der Waals surface area contributed by atoms with Gasteiger partial charge in [0.25, 0.3) is 0 Å². The molecule has 2 bridgehead atoms. The van der Waals surface area contributed by atoms with Crippen LogP contribution in [0.4, 0.5) is 10.1 Å². The molecule has 0 heterocycles. The van der Waals surface area contributed by atoms with Crippen molar-refractivity contribution in [3.8, 4) is 0 Å². The molecule has 2 fully saturated rings. The van der Waals surface area contributed by atoms with Crippen molar-refractivity contribution in [3.63, 3.8) is 0 Å². The van der Waals surface area contributed by atoms with E-state index >= 15 is 0 Å². The van der Waals surface area contributed by atoms with Crippen LogP contribution in [0.25, 0.3) is 0 Å². The van der Waals surface area contributed by atoms with E-state index in [1.165, 1.54) is 25.3 Å². The monoisotopic (exact) mass is 247 g/mol. The Morgan fingerprint density at radius 1 is 1.33 bits per heavy atom. The first-order chi connectivity index (χ1) is 8.63. The van der Waals surface area contributed by atoms with Gasteiger partial charge in [-0.05, 0) is 55.7 Å². The molecule has 3 atom stereocenters. The Kier molecular flexibility index (Phi) is 2.84. The van der Waals surface area contributed by atoms with Gasteiger partial charge in [-0.3, -0.25) is 4.79 Å². The van der Waals surface area contributed by atoms with E-state index in [0.29, 0.717) is 11.6 Å². The number of hydrogen-bond donors (Lipinski definition) is 1. The minimum atomic E-state index is -0.341. The highest BCUT2D eigenvalue weighted by atomic mass is 19.1. The van der Waals surface area contributed by atoms with Crippen LogP contribution in [0.5, 0.6) is 0 Å². The normalized spacial score (nSPS) is 29.6. The summed E-state index contributed by atoms with van der Waals surface area (Å²) in [7, 11) is 0. The topological polar surface area (TPSA) is 29.1 Å². The Morgan fingerprint density at radius 2 is 2.17 bits per heavy atom. The fourth-order valence-electron chi connectivity index (χ4n) is 3.51. The first-order valence-corrected chi connectivity index (χ1v) is 6.70. The molecular formula is C15H18FNO. The van der Waals surface area contributed by atoms with Gasteiger partial charge in [-0.25, -0.2) is 4.39 Å². The third-order valence-electron chi connectivity index (χ3n) is 4.46. The van der Waals surface area contributed by atoms with Crippen molar-refractivity contribution >= 4 is 11.6 Å². The number of carbonyl (C=O) groups is 1. The van der Waals surface area contributed by atoms with Gasteiger partial charge in [0.15, 0.2) is 0 Å². The second-order valence-electron chi connectivity index (χ2n) is 5.75. The lowest BCUT2D eigenvalue weighted by atomic mass is 9.88. The molecule has 0 radical (unpaired) electrons. The summed E-state index contributed by atoms with van der Waals surface area (Å²) in [6.45, 7) is 1.84. The lowest BCUT2D eigenvalue weighted by molar-refractivity contribution is -0.121. The molecule has 1 N–H and O–H groups in total. The molecule has 2 aliphatic carbocycles. The van der Waals surface area contributed by atoms with Crippen LogP contribution in [0.2, 0.25) is 0 Å². The fourth-order valence-corrected chi connectivity index (χ4v) is 3.51. The Hall–Kier alpha value is -1.38. The van der Waals surface area contributed by atoms with Crippen LogP contribution < -0.4 is 5.32 Å². The van der Waals surface area contributed by atoms with Crippen molar-refractivity contribution in [2.24, 2.45) is 17.8 Å². The Morgan fingerprint density at radius 3 is 2.78 bits per heavy atom. The number of fused-ring (bicyclic) bond motifs is 2. The van der Waals surface area contributed by atoms with Crippen molar-refractivity contribution in [3.05, 3.63) is 29.6 Å². The van der Waals surface area contributed by atoms with E-state index in [1.807, 2.05) is 13.0 Å². The molecule has 0 saturated heterocycles. The SMILES string of the molecule is Cc1ccc(NC(=O)C2CC3CCC2C3)c(F)c1. The van der Waals surface area contributed by atoms with Crippen LogP contribution in [0.15, 0.2) is 18.2 Å². The van der Waals surface area contributed by atoms with E-state index in [-0.39, 0.29) is 17.6 Å². The molecule has 1 aromatic rings. The number of anilines is 1. The third kappa shape index (κ3) is 2.02. The number of carbonyl (C=O) groups excluding carboxylic acids is 1. The predicted octanol–water partition coefficient (Wildman–Crippen LogP) is 3.51. The Balaban J connectivity index is 1.71. The first-order valence-electron chi connectivity index (χ1n) is 6.70. The van der Waals surface area contributed by atoms with Crippen LogP contribution in [0.3, 0.4) is 0 Å². The summed E-state index contributed by atoms with van der Waals surface area (Å²) in [5, 5.41) is 2.75. The van der Waals surface area contributed by atoms with E-state index in [1.54, 1.807) is 6.07 Å². The zero-order chi connectivity index (χ0) is 12.7. The summed E-state index contributed by atoms with van der Waals surface area (Å²) in [6.07, 6.45) is 4.62. The molecular weight excluding hydrogens is 229 g/mol. The number of nitrogens with one attached hydrogen (secondary N) is 1. The standard InChI is InChI=1S/C15H18FNO/c1-9-2-5-14(13(16)6-9)17-15(18)12-8-10-3-4-11(12)7-10/h2,5-6,10-12H,3-4,7-8H2,1H3,(H,17,18). The maximum Gasteiger partial charge on any atom is 0.227 e. The fraction of sp³-hybridized carbons (Fsp3) is 0.533. The second-order valence-corrected chi connectivity index (χ2v) is 5.75. The van der Waals surface area contributed by atoms with Crippen LogP contribution >= 0.6 is 0 Å². The highest BCUT2D eigenvalue weighted by Crippen LogP contribution is 2.48. The molecule has 2 nitrogen and oxygen atoms in total. The minimum Gasteiger partial charge on any atom is -0.323 e. The summed E-state index contributed by atoms with van der Waals surface area (Å²) < 4.78 is 13.7. The molecule has 0 spiro atoms. The lowest BCUT2D eigenvalue weighted by Gasteiger charge is -2.21. The molecule has 2 saturated carbocycles. The van der Waals surface area contributed by atoms with Gasteiger partial charge in [0.2, 0.25) is 5.91 Å². The van der Waals surface area contributed by atoms with Gasteiger partial charge in [0.05, 0.1) is 5.69 Å². The average molecular weight is 247 g/mol. The zero-order valence-electron chi connectivity index (χ0n) is 10.6. The zero-order valence-corrected chi connectivity index (χ0v) is 10.6. The number of rotatable bonds is 2. The van der Waals surface area contributed by atoms with Crippen molar-refractivity contribution in [2.75, 3.05) is 5.32 Å². The van der Waals surface area contributed by atoms with E-state index in [4.69, 9.17) is 0 Å². The molecule has 3 unspecified atom stereocenters. The third-order valence-corrected chi connectivity index (χ3v) is 4.46. The van der Waals surface area contributed by atoms with Gasteiger partial charge in [-0.1, -0.05) is 12.5 Å². The van der Waals surface area contributed by atoms with E-state index in [2.05, 4.69) is 5.32 Å². The number of aryl methyl sites for hydroxylation is 1. The van der Waals surface area contributed by atoms with E-state index in [9.17, 15) is 9.18 Å². The van der Waals surface area contributed by atoms with Crippen molar-refractivity contribution in [1.82, 2.24) is 0 Å². The van der Waals surface area contributed by atoms with Crippen molar-refractivity contribution in [2.45, 2.75) is 32.6 Å². The van der Waals surface area contributed by atoms with Crippen LogP contribution in [0, 0.1) is 30.5 Å². The molecule has 3 rings (SSSR count). The van der Waals surface area contributed by atoms with E-state index in [0.717, 1.165) is 17.9 Å². The maximum atomic E-state index is 13.7. The average Bonchev–Trinajstić information content (AvgIpc) is 2.94. The summed E-state index contributed by atoms with van der Waals surface area (Å²) in [5.74, 6) is 1.03. The second kappa shape index (κ2) is 4.38. The largest absolute Gasteiger partial charge is 0.323 e. The van der Waals surface area contributed by atoms with Crippen molar-refractivity contribution in [1.29, 1.82) is 0 Å². The predicted molar refractivity (Wildman–Crippen MR) is 68.7 cm³/mol. The van der Waals surface area contributed by atoms with Crippen LogP contribution in [0.1, 0.15) is 31.2 Å². The van der Waals surface area contributed by atoms with Gasteiger partial charge in [0.1, 0.15) is 5.82 Å². The molecule has 0 aromatic heterocycles. The lowest BCUT2D eigenvalue weighted by Crippen LogP contribution is -2.27. The number of hydrogen-bond acceptors (Lipinski definition) is 1. The van der Waals surface area contributed by atoms with Gasteiger partial charge >= 0.3 is 0 Å². The van der Waals surface area contributed by atoms with Crippen molar-refractivity contribution < 1.29 is 9.18 Å². The molecule has 0 aliphatic heterocycles. The Labute approximate surface area is 107 Å². The van der Waals surface area contributed by atoms with Gasteiger partial charge in [0, 0.05) is 5.92 Å². The van der Waals surface area contributed by atoms with Crippen LogP contribution in [-0.2, 0) is 4.79 Å². The maximum absolute atomic E-state index is 13.7. The van der Waals surface area contributed by atoms with Gasteiger partial charge in [-0.2, -0.15) is 0 Å². The summed E-state index contributed by atoms with van der Waals surface area (Å²) in [5.41, 5.74) is 1.18. The highest BCUT2D eigenvalue weighted by molar-refractivity contribution is 5.93. The summed E-state index contributed by atoms with van der Waals surface area (Å²) >= 11 is 0. The molecule has 96 valence electrons.